The van der Waals surface area contributed by atoms with E-state index in [2.05, 4.69) is 11.0 Å². The Morgan fingerprint density at radius 3 is 2.62 bits per heavy atom. The molecule has 2 heterocycles. The van der Waals surface area contributed by atoms with Gasteiger partial charge in [-0.1, -0.05) is 31.0 Å². The van der Waals surface area contributed by atoms with Gasteiger partial charge < -0.3 is 14.4 Å². The summed E-state index contributed by atoms with van der Waals surface area (Å²) >= 11 is 0. The highest BCUT2D eigenvalue weighted by atomic mass is 16.5. The van der Waals surface area contributed by atoms with Gasteiger partial charge in [-0.05, 0) is 48.2 Å². The van der Waals surface area contributed by atoms with Crippen molar-refractivity contribution in [2.24, 2.45) is 0 Å². The summed E-state index contributed by atoms with van der Waals surface area (Å²) in [4.78, 5) is 17.6. The molecule has 5 heteroatoms. The summed E-state index contributed by atoms with van der Waals surface area (Å²) < 4.78 is 11.9. The number of fused-ring (bicyclic) bond motifs is 2. The molecule has 0 aromatic heterocycles. The Balaban J connectivity index is 1.46. The Labute approximate surface area is 172 Å². The Morgan fingerprint density at radius 1 is 1.03 bits per heavy atom. The topological polar surface area (TPSA) is 42.0 Å². The monoisotopic (exact) mass is 392 g/mol. The Bertz CT molecular complexity index is 922. The molecule has 5 rings (SSSR count). The highest BCUT2D eigenvalue weighted by Gasteiger charge is 2.44. The minimum Gasteiger partial charge on any atom is -0.497 e. The zero-order chi connectivity index (χ0) is 20.0. The van der Waals surface area contributed by atoms with E-state index in [1.807, 2.05) is 48.3 Å². The van der Waals surface area contributed by atoms with Crippen LogP contribution in [0.5, 0.6) is 11.5 Å². The molecule has 0 N–H and O–H groups in total. The maximum atomic E-state index is 13.2. The molecule has 0 radical (unpaired) electrons. The molecule has 5 nitrogen and oxygen atoms in total. The first-order chi connectivity index (χ1) is 14.1. The van der Waals surface area contributed by atoms with Gasteiger partial charge in [0.15, 0.2) is 0 Å². The van der Waals surface area contributed by atoms with E-state index < -0.39 is 0 Å². The molecule has 29 heavy (non-hydrogen) atoms. The van der Waals surface area contributed by atoms with Crippen LogP contribution in [0, 0.1) is 0 Å². The largest absolute Gasteiger partial charge is 0.497 e. The fourth-order valence-corrected chi connectivity index (χ4v) is 5.12. The molecule has 1 aliphatic carbocycles. The highest BCUT2D eigenvalue weighted by Crippen LogP contribution is 2.36. The van der Waals surface area contributed by atoms with Gasteiger partial charge in [0.1, 0.15) is 17.6 Å². The van der Waals surface area contributed by atoms with Crippen LogP contribution >= 0.6 is 0 Å². The van der Waals surface area contributed by atoms with Gasteiger partial charge in [-0.2, -0.15) is 0 Å². The second-order valence-electron chi connectivity index (χ2n) is 8.47. The third-order valence-electron chi connectivity index (χ3n) is 6.82. The second kappa shape index (κ2) is 7.38. The number of likely N-dealkylation sites (N-methyl/N-ethyl adjacent to an activating group) is 1. The molecule has 152 valence electrons. The van der Waals surface area contributed by atoms with Crippen molar-refractivity contribution >= 4 is 5.91 Å². The Kier molecular flexibility index (Phi) is 4.70. The van der Waals surface area contributed by atoms with Crippen molar-refractivity contribution in [1.29, 1.82) is 0 Å². The molecule has 2 aliphatic heterocycles. The molecule has 2 fully saturated rings. The highest BCUT2D eigenvalue weighted by molar-refractivity contribution is 5.98. The summed E-state index contributed by atoms with van der Waals surface area (Å²) in [5.74, 6) is 1.57. The van der Waals surface area contributed by atoms with E-state index in [1.54, 1.807) is 7.11 Å². The average Bonchev–Trinajstić information content (AvgIpc) is 3.41. The molecule has 1 saturated carbocycles. The minimum atomic E-state index is 0.0198. The number of hydrogen-bond acceptors (Lipinski definition) is 4. The predicted octanol–water partition coefficient (Wildman–Crippen LogP) is 3.82. The van der Waals surface area contributed by atoms with Crippen LogP contribution in [0.25, 0.3) is 11.1 Å². The molecular formula is C24H28N2O3. The van der Waals surface area contributed by atoms with Gasteiger partial charge in [0, 0.05) is 26.2 Å². The van der Waals surface area contributed by atoms with Crippen molar-refractivity contribution in [3.63, 3.8) is 0 Å². The van der Waals surface area contributed by atoms with Gasteiger partial charge >= 0.3 is 0 Å². The van der Waals surface area contributed by atoms with Crippen LogP contribution in [-0.4, -0.2) is 61.1 Å². The number of methoxy groups -OCH3 is 1. The standard InChI is InChI=1S/C24H28N2O3/c1-25-21-14-26(18-7-3-4-8-18)15-23(21)29-22-13-17(10-11-20(22)24(25)27)16-6-5-9-19(12-16)28-2/h5-6,9-13,18,21,23H,3-4,7-8,14-15H2,1-2H3. The van der Waals surface area contributed by atoms with Crippen LogP contribution in [-0.2, 0) is 0 Å². The van der Waals surface area contributed by atoms with Gasteiger partial charge in [-0.3, -0.25) is 9.69 Å². The van der Waals surface area contributed by atoms with Crippen molar-refractivity contribution in [2.75, 3.05) is 27.2 Å². The minimum absolute atomic E-state index is 0.0198. The summed E-state index contributed by atoms with van der Waals surface area (Å²) in [6.45, 7) is 1.81. The Morgan fingerprint density at radius 2 is 1.83 bits per heavy atom. The third-order valence-corrected chi connectivity index (χ3v) is 6.82. The van der Waals surface area contributed by atoms with Crippen molar-refractivity contribution in [2.45, 2.75) is 43.9 Å². The zero-order valence-corrected chi connectivity index (χ0v) is 17.1. The number of rotatable bonds is 3. The summed E-state index contributed by atoms with van der Waals surface area (Å²) in [6, 6.07) is 14.6. The number of hydrogen-bond donors (Lipinski definition) is 0. The van der Waals surface area contributed by atoms with Gasteiger partial charge in [0.25, 0.3) is 5.91 Å². The average molecular weight is 392 g/mol. The van der Waals surface area contributed by atoms with Crippen LogP contribution < -0.4 is 9.47 Å². The van der Waals surface area contributed by atoms with E-state index in [1.165, 1.54) is 25.7 Å². The number of carbonyl (C=O) groups is 1. The Hall–Kier alpha value is -2.53. The quantitative estimate of drug-likeness (QED) is 0.796. The van der Waals surface area contributed by atoms with E-state index in [-0.39, 0.29) is 18.1 Å². The van der Waals surface area contributed by atoms with Crippen LogP contribution in [0.1, 0.15) is 36.0 Å². The van der Waals surface area contributed by atoms with E-state index in [0.717, 1.165) is 30.0 Å². The van der Waals surface area contributed by atoms with Gasteiger partial charge in [-0.15, -0.1) is 0 Å². The zero-order valence-electron chi connectivity index (χ0n) is 17.1. The molecule has 2 atom stereocenters. The summed E-state index contributed by atoms with van der Waals surface area (Å²) in [6.07, 6.45) is 5.20. The molecule has 0 bridgehead atoms. The summed E-state index contributed by atoms with van der Waals surface area (Å²) in [7, 11) is 3.59. The molecule has 2 unspecified atom stereocenters. The lowest BCUT2D eigenvalue weighted by atomic mass is 10.0. The molecule has 0 spiro atoms. The summed E-state index contributed by atoms with van der Waals surface area (Å²) in [5.41, 5.74) is 2.74. The first-order valence-electron chi connectivity index (χ1n) is 10.6. The lowest BCUT2D eigenvalue weighted by Gasteiger charge is -2.26. The number of amides is 1. The van der Waals surface area contributed by atoms with Crippen molar-refractivity contribution in [3.05, 3.63) is 48.0 Å². The van der Waals surface area contributed by atoms with Crippen LogP contribution in [0.2, 0.25) is 0 Å². The van der Waals surface area contributed by atoms with E-state index >= 15 is 0 Å². The van der Waals surface area contributed by atoms with E-state index in [9.17, 15) is 4.79 Å². The van der Waals surface area contributed by atoms with Gasteiger partial charge in [-0.25, -0.2) is 0 Å². The van der Waals surface area contributed by atoms with Crippen molar-refractivity contribution in [1.82, 2.24) is 9.80 Å². The SMILES string of the molecule is COc1cccc(-c2ccc3c(c2)OC2CN(C4CCCC4)CC2N(C)C3=O)c1. The normalized spacial score (nSPS) is 24.8. The first-order valence-corrected chi connectivity index (χ1v) is 10.6. The van der Waals surface area contributed by atoms with Crippen LogP contribution in [0.4, 0.5) is 0 Å². The molecule has 1 amide bonds. The molecule has 3 aliphatic rings. The fraction of sp³-hybridized carbons (Fsp3) is 0.458. The molecular weight excluding hydrogens is 364 g/mol. The first kappa shape index (κ1) is 18.5. The van der Waals surface area contributed by atoms with Crippen LogP contribution in [0.3, 0.4) is 0 Å². The van der Waals surface area contributed by atoms with E-state index in [4.69, 9.17) is 9.47 Å². The number of carbonyl (C=O) groups excluding carboxylic acids is 1. The number of likely N-dealkylation sites (tertiary alicyclic amines) is 1. The molecule has 1 saturated heterocycles. The molecule has 2 aromatic carbocycles. The van der Waals surface area contributed by atoms with E-state index in [0.29, 0.717) is 17.4 Å². The fourth-order valence-electron chi connectivity index (χ4n) is 5.12. The number of nitrogens with zero attached hydrogens (tertiary/aromatic N) is 2. The number of benzene rings is 2. The summed E-state index contributed by atoms with van der Waals surface area (Å²) in [5, 5.41) is 0. The third kappa shape index (κ3) is 3.27. The lowest BCUT2D eigenvalue weighted by Crippen LogP contribution is -2.44. The van der Waals surface area contributed by atoms with Crippen molar-refractivity contribution in [3.8, 4) is 22.6 Å². The van der Waals surface area contributed by atoms with Crippen LogP contribution in [0.15, 0.2) is 42.5 Å². The molecule has 2 aromatic rings. The maximum absolute atomic E-state index is 13.2. The smallest absolute Gasteiger partial charge is 0.257 e. The maximum Gasteiger partial charge on any atom is 0.257 e. The lowest BCUT2D eigenvalue weighted by molar-refractivity contribution is 0.0681. The van der Waals surface area contributed by atoms with Gasteiger partial charge in [0.2, 0.25) is 0 Å². The second-order valence-corrected chi connectivity index (χ2v) is 8.47. The van der Waals surface area contributed by atoms with Gasteiger partial charge in [0.05, 0.1) is 18.7 Å². The predicted molar refractivity (Wildman–Crippen MR) is 113 cm³/mol. The number of ether oxygens (including phenoxy) is 2. The van der Waals surface area contributed by atoms with Crippen molar-refractivity contribution < 1.29 is 14.3 Å².